The van der Waals surface area contributed by atoms with E-state index >= 15 is 0 Å². The predicted octanol–water partition coefficient (Wildman–Crippen LogP) is 4.92. The Balaban J connectivity index is 1.79. The number of ether oxygens (including phenoxy) is 1. The summed E-state index contributed by atoms with van der Waals surface area (Å²) in [5.74, 6) is -2.22. The number of rotatable bonds is 7. The van der Waals surface area contributed by atoms with Gasteiger partial charge in [0.2, 0.25) is 0 Å². The number of pyridine rings is 1. The van der Waals surface area contributed by atoms with Crippen LogP contribution in [0.2, 0.25) is 0 Å². The Labute approximate surface area is 200 Å². The zero-order valence-electron chi connectivity index (χ0n) is 19.9. The molecule has 0 aliphatic carbocycles. The summed E-state index contributed by atoms with van der Waals surface area (Å²) in [6.07, 6.45) is 2.59. The SMILES string of the molecule is CNc1nc(-c2c(C)nc3c(OCc4c(F)ccc(F)c4F)cccn23)nc(C)c1C(C)(C)C=O. The maximum Gasteiger partial charge on any atom is 0.180 e. The molecular weight excluding hydrogens is 459 g/mol. The molecule has 0 unspecified atom stereocenters. The molecule has 0 saturated heterocycles. The van der Waals surface area contributed by atoms with E-state index in [0.717, 1.165) is 18.4 Å². The zero-order valence-corrected chi connectivity index (χ0v) is 19.9. The molecule has 0 fully saturated rings. The first-order chi connectivity index (χ1) is 16.6. The van der Waals surface area contributed by atoms with Gasteiger partial charge in [-0.25, -0.2) is 28.1 Å². The van der Waals surface area contributed by atoms with Gasteiger partial charge in [-0.05, 0) is 52.0 Å². The molecule has 1 aromatic carbocycles. The standard InChI is InChI=1S/C25H24F3N5O2/c1-13-19(25(3,4)12-34)22(29-5)32-23(30-13)21-14(2)31-24-18(7-6-10-33(21)24)35-11-15-16(26)8-9-17(27)20(15)28/h6-10,12H,11H2,1-5H3,(H,29,30,32). The lowest BCUT2D eigenvalue weighted by molar-refractivity contribution is -0.111. The highest BCUT2D eigenvalue weighted by Gasteiger charge is 2.29. The molecule has 35 heavy (non-hydrogen) atoms. The second-order valence-corrected chi connectivity index (χ2v) is 8.67. The summed E-state index contributed by atoms with van der Waals surface area (Å²) in [4.78, 5) is 25.5. The number of nitrogens with zero attached hydrogens (tertiary/aromatic N) is 4. The molecule has 10 heteroatoms. The first-order valence-electron chi connectivity index (χ1n) is 10.9. The number of fused-ring (bicyclic) bond motifs is 1. The lowest BCUT2D eigenvalue weighted by atomic mass is 9.85. The van der Waals surface area contributed by atoms with Gasteiger partial charge in [-0.3, -0.25) is 4.40 Å². The number of carbonyl (C=O) groups is 1. The zero-order chi connectivity index (χ0) is 25.5. The van der Waals surface area contributed by atoms with Crippen molar-refractivity contribution >= 4 is 17.8 Å². The van der Waals surface area contributed by atoms with Gasteiger partial charge in [0.05, 0.1) is 16.7 Å². The fourth-order valence-corrected chi connectivity index (χ4v) is 4.08. The number of anilines is 1. The van der Waals surface area contributed by atoms with E-state index in [1.54, 1.807) is 50.5 Å². The predicted molar refractivity (Wildman–Crippen MR) is 125 cm³/mol. The first kappa shape index (κ1) is 24.2. The molecular formula is C25H24F3N5O2. The minimum Gasteiger partial charge on any atom is -0.485 e. The summed E-state index contributed by atoms with van der Waals surface area (Å²) in [6, 6.07) is 4.86. The van der Waals surface area contributed by atoms with Crippen LogP contribution in [0.5, 0.6) is 5.75 Å². The van der Waals surface area contributed by atoms with Gasteiger partial charge in [0, 0.05) is 24.5 Å². The molecule has 0 radical (unpaired) electrons. The monoisotopic (exact) mass is 483 g/mol. The number of nitrogens with one attached hydrogen (secondary N) is 1. The van der Waals surface area contributed by atoms with E-state index in [4.69, 9.17) is 4.74 Å². The molecule has 0 aliphatic rings. The fraction of sp³-hybridized carbons (Fsp3) is 0.280. The summed E-state index contributed by atoms with van der Waals surface area (Å²) < 4.78 is 49.0. The lowest BCUT2D eigenvalue weighted by Crippen LogP contribution is -2.24. The van der Waals surface area contributed by atoms with Crippen molar-refractivity contribution in [2.24, 2.45) is 0 Å². The third kappa shape index (κ3) is 4.20. The van der Waals surface area contributed by atoms with Crippen LogP contribution in [0.15, 0.2) is 30.5 Å². The molecule has 4 rings (SSSR count). The van der Waals surface area contributed by atoms with Crippen molar-refractivity contribution in [2.45, 2.75) is 39.7 Å². The van der Waals surface area contributed by atoms with E-state index in [1.807, 2.05) is 6.92 Å². The maximum atomic E-state index is 14.1. The summed E-state index contributed by atoms with van der Waals surface area (Å²) >= 11 is 0. The van der Waals surface area contributed by atoms with E-state index in [1.165, 1.54) is 0 Å². The Kier molecular flexibility index (Phi) is 6.23. The molecule has 4 aromatic rings. The van der Waals surface area contributed by atoms with Gasteiger partial charge in [-0.1, -0.05) is 0 Å². The minimum absolute atomic E-state index is 0.245. The third-order valence-corrected chi connectivity index (χ3v) is 5.78. The normalized spacial score (nSPS) is 11.7. The summed E-state index contributed by atoms with van der Waals surface area (Å²) in [5, 5.41) is 3.05. The maximum absolute atomic E-state index is 14.1. The number of halogens is 3. The van der Waals surface area contributed by atoms with E-state index < -0.39 is 35.0 Å². The van der Waals surface area contributed by atoms with Crippen LogP contribution in [-0.4, -0.2) is 32.7 Å². The second-order valence-electron chi connectivity index (χ2n) is 8.67. The summed E-state index contributed by atoms with van der Waals surface area (Å²) in [6.45, 7) is 6.64. The Morgan fingerprint density at radius 3 is 2.46 bits per heavy atom. The van der Waals surface area contributed by atoms with Crippen molar-refractivity contribution in [1.29, 1.82) is 0 Å². The molecule has 1 N–H and O–H groups in total. The second kappa shape index (κ2) is 9.01. The molecule has 0 saturated carbocycles. The molecule has 3 heterocycles. The van der Waals surface area contributed by atoms with Crippen molar-refractivity contribution in [3.8, 4) is 17.3 Å². The molecule has 0 atom stereocenters. The van der Waals surface area contributed by atoms with Crippen LogP contribution in [0.3, 0.4) is 0 Å². The molecule has 0 bridgehead atoms. The van der Waals surface area contributed by atoms with Crippen LogP contribution in [-0.2, 0) is 16.8 Å². The summed E-state index contributed by atoms with van der Waals surface area (Å²) in [7, 11) is 1.72. The molecule has 7 nitrogen and oxygen atoms in total. The van der Waals surface area contributed by atoms with Crippen LogP contribution >= 0.6 is 0 Å². The number of carbonyl (C=O) groups excluding carboxylic acids is 1. The number of aromatic nitrogens is 4. The Bertz CT molecular complexity index is 1450. The largest absolute Gasteiger partial charge is 0.485 e. The van der Waals surface area contributed by atoms with Gasteiger partial charge in [0.1, 0.15) is 30.2 Å². The number of benzene rings is 1. The van der Waals surface area contributed by atoms with Gasteiger partial charge in [0.15, 0.2) is 28.9 Å². The average molecular weight is 483 g/mol. The smallest absolute Gasteiger partial charge is 0.180 e. The first-order valence-corrected chi connectivity index (χ1v) is 10.9. The van der Waals surface area contributed by atoms with Crippen molar-refractivity contribution in [2.75, 3.05) is 12.4 Å². The third-order valence-electron chi connectivity index (χ3n) is 5.78. The van der Waals surface area contributed by atoms with Crippen molar-refractivity contribution in [3.63, 3.8) is 0 Å². The van der Waals surface area contributed by atoms with Crippen LogP contribution in [0.4, 0.5) is 19.0 Å². The van der Waals surface area contributed by atoms with Crippen LogP contribution in [0.1, 0.15) is 36.4 Å². The van der Waals surface area contributed by atoms with Crippen molar-refractivity contribution < 1.29 is 22.7 Å². The molecule has 3 aromatic heterocycles. The van der Waals surface area contributed by atoms with Gasteiger partial charge in [-0.2, -0.15) is 0 Å². The Hall–Kier alpha value is -3.95. The van der Waals surface area contributed by atoms with E-state index in [0.29, 0.717) is 39.9 Å². The fourth-order valence-electron chi connectivity index (χ4n) is 4.08. The highest BCUT2D eigenvalue weighted by atomic mass is 19.2. The number of aldehydes is 1. The topological polar surface area (TPSA) is 81.4 Å². The van der Waals surface area contributed by atoms with Crippen molar-refractivity contribution in [1.82, 2.24) is 19.4 Å². The molecule has 0 spiro atoms. The number of aryl methyl sites for hydroxylation is 2. The van der Waals surface area contributed by atoms with Crippen LogP contribution in [0.25, 0.3) is 17.2 Å². The average Bonchev–Trinajstić information content (AvgIpc) is 3.17. The van der Waals surface area contributed by atoms with Crippen LogP contribution < -0.4 is 10.1 Å². The molecule has 182 valence electrons. The minimum atomic E-state index is -1.29. The van der Waals surface area contributed by atoms with Gasteiger partial charge in [-0.15, -0.1) is 0 Å². The highest BCUT2D eigenvalue weighted by molar-refractivity contribution is 5.74. The lowest BCUT2D eigenvalue weighted by Gasteiger charge is -2.23. The molecule has 0 aliphatic heterocycles. The van der Waals surface area contributed by atoms with E-state index in [-0.39, 0.29) is 5.75 Å². The van der Waals surface area contributed by atoms with Gasteiger partial charge < -0.3 is 14.8 Å². The Morgan fingerprint density at radius 1 is 1.06 bits per heavy atom. The van der Waals surface area contributed by atoms with E-state index in [2.05, 4.69) is 20.3 Å². The number of hydrogen-bond acceptors (Lipinski definition) is 6. The Morgan fingerprint density at radius 2 is 1.77 bits per heavy atom. The van der Waals surface area contributed by atoms with Gasteiger partial charge in [0.25, 0.3) is 0 Å². The molecule has 0 amide bonds. The summed E-state index contributed by atoms with van der Waals surface area (Å²) in [5.41, 5.74) is 1.57. The quantitative estimate of drug-likeness (QED) is 0.297. The number of imidazole rings is 1. The van der Waals surface area contributed by atoms with Gasteiger partial charge >= 0.3 is 0 Å². The van der Waals surface area contributed by atoms with Crippen molar-refractivity contribution in [3.05, 3.63) is 70.4 Å². The highest BCUT2D eigenvalue weighted by Crippen LogP contribution is 2.33. The van der Waals surface area contributed by atoms with Crippen LogP contribution in [0, 0.1) is 31.3 Å². The number of hydrogen-bond donors (Lipinski definition) is 1. The van der Waals surface area contributed by atoms with E-state index in [9.17, 15) is 18.0 Å².